The number of aliphatic carboxylic acids is 1. The van der Waals surface area contributed by atoms with Crippen LogP contribution in [0.1, 0.15) is 56.5 Å². The van der Waals surface area contributed by atoms with Crippen LogP contribution >= 0.6 is 0 Å². The van der Waals surface area contributed by atoms with Gasteiger partial charge in [-0.3, -0.25) is 24.0 Å². The highest BCUT2D eigenvalue weighted by Crippen LogP contribution is 2.29. The highest BCUT2D eigenvalue weighted by Gasteiger charge is 2.45. The zero-order chi connectivity index (χ0) is 38.2. The number of hydrogen-bond donors (Lipinski definition) is 6. The van der Waals surface area contributed by atoms with E-state index in [9.17, 15) is 33.9 Å². The molecule has 2 aromatic carbocycles. The molecule has 0 aliphatic carbocycles. The number of amides is 5. The number of likely N-dealkylation sites (tertiary alicyclic amines) is 1. The second-order valence-electron chi connectivity index (χ2n) is 13.9. The third-order valence-corrected chi connectivity index (χ3v) is 9.67. The normalized spacial score (nSPS) is 22.2. The Morgan fingerprint density at radius 3 is 2.34 bits per heavy atom. The number of carboxylic acid groups (broad SMARTS) is 1. The van der Waals surface area contributed by atoms with E-state index in [2.05, 4.69) is 36.9 Å². The number of benzene rings is 2. The molecule has 6 rings (SSSR count). The lowest BCUT2D eigenvalue weighted by Crippen LogP contribution is -2.59. The van der Waals surface area contributed by atoms with E-state index in [1.54, 1.807) is 87.2 Å². The number of fused-ring (bicyclic) bond motifs is 11. The number of anilines is 1. The van der Waals surface area contributed by atoms with E-state index in [4.69, 9.17) is 0 Å². The Balaban J connectivity index is 1.51. The topological polar surface area (TPSA) is 217 Å². The highest BCUT2D eigenvalue weighted by atomic mass is 16.4. The molecule has 1 aromatic heterocycles. The van der Waals surface area contributed by atoms with Gasteiger partial charge in [0.15, 0.2) is 0 Å². The van der Waals surface area contributed by atoms with Gasteiger partial charge in [0.2, 0.25) is 29.5 Å². The fraction of sp³-hybridized carbons (Fsp3) is 0.459. The molecule has 4 heterocycles. The predicted molar refractivity (Wildman–Crippen MR) is 193 cm³/mol. The second-order valence-corrected chi connectivity index (χ2v) is 13.9. The van der Waals surface area contributed by atoms with Crippen LogP contribution in [0, 0.1) is 5.92 Å². The van der Waals surface area contributed by atoms with Gasteiger partial charge in [-0.15, -0.1) is 5.10 Å². The summed E-state index contributed by atoms with van der Waals surface area (Å²) in [6.45, 7) is 5.30. The van der Waals surface area contributed by atoms with Gasteiger partial charge in [0.05, 0.1) is 17.8 Å². The Morgan fingerprint density at radius 1 is 0.962 bits per heavy atom. The molecule has 3 aromatic rings. The van der Waals surface area contributed by atoms with E-state index < -0.39 is 59.9 Å². The summed E-state index contributed by atoms with van der Waals surface area (Å²) < 4.78 is 1.57. The molecular weight excluding hydrogens is 682 g/mol. The first-order valence-corrected chi connectivity index (χ1v) is 17.8. The molecule has 0 radical (unpaired) electrons. The molecule has 16 heteroatoms. The van der Waals surface area contributed by atoms with Crippen LogP contribution in [0.4, 0.5) is 5.69 Å². The van der Waals surface area contributed by atoms with Gasteiger partial charge < -0.3 is 36.6 Å². The number of carbonyl (C=O) groups is 6. The van der Waals surface area contributed by atoms with Gasteiger partial charge in [0.1, 0.15) is 24.2 Å². The SMILES string of the molecule is CN[C@@H](C)C(=O)N[C@H](C(=O)N1C[C@@H]2C[C@H]1C(=O)N[C@@H](Cc1ccccc1)C(=O)N[C@@H](C(=O)O)Cc1ccc(cc1)NC(=O)CCc1cn2nn1)C(C)C. The van der Waals surface area contributed by atoms with Gasteiger partial charge in [-0.25, -0.2) is 9.48 Å². The number of aryl methyl sites for hydroxylation is 1. The van der Waals surface area contributed by atoms with E-state index >= 15 is 0 Å². The van der Waals surface area contributed by atoms with E-state index in [1.807, 2.05) is 6.07 Å². The minimum absolute atomic E-state index is 0.0439. The molecule has 0 unspecified atom stereocenters. The molecule has 53 heavy (non-hydrogen) atoms. The van der Waals surface area contributed by atoms with E-state index in [1.165, 1.54) is 4.90 Å². The van der Waals surface area contributed by atoms with E-state index in [0.717, 1.165) is 5.56 Å². The molecule has 3 aliphatic rings. The smallest absolute Gasteiger partial charge is 0.326 e. The van der Waals surface area contributed by atoms with Crippen molar-refractivity contribution in [1.82, 2.24) is 41.2 Å². The number of hydrogen-bond acceptors (Lipinski definition) is 9. The fourth-order valence-corrected chi connectivity index (χ4v) is 6.43. The van der Waals surface area contributed by atoms with Crippen LogP contribution in [0.2, 0.25) is 0 Å². The lowest BCUT2D eigenvalue weighted by Gasteiger charge is -2.31. The van der Waals surface area contributed by atoms with Crippen molar-refractivity contribution in [2.45, 2.75) is 89.1 Å². The molecule has 5 amide bonds. The third kappa shape index (κ3) is 9.83. The average molecular weight is 730 g/mol. The van der Waals surface area contributed by atoms with Gasteiger partial charge in [-0.05, 0) is 43.1 Å². The molecule has 16 nitrogen and oxygen atoms in total. The van der Waals surface area contributed by atoms with Crippen LogP contribution in [0.25, 0.3) is 0 Å². The summed E-state index contributed by atoms with van der Waals surface area (Å²) >= 11 is 0. The number of carboxylic acids is 1. The first kappa shape index (κ1) is 38.6. The van der Waals surface area contributed by atoms with Crippen molar-refractivity contribution in [2.24, 2.45) is 5.92 Å². The molecule has 1 saturated heterocycles. The van der Waals surface area contributed by atoms with Crippen LogP contribution in [-0.4, -0.2) is 104 Å². The third-order valence-electron chi connectivity index (χ3n) is 9.67. The summed E-state index contributed by atoms with van der Waals surface area (Å²) in [4.78, 5) is 82.0. The number of likely N-dealkylation sites (N-methyl/N-ethyl adjacent to an activating group) is 1. The van der Waals surface area contributed by atoms with E-state index in [-0.39, 0.29) is 56.4 Å². The number of nitrogens with one attached hydrogen (secondary N) is 5. The first-order chi connectivity index (χ1) is 25.3. The lowest BCUT2D eigenvalue weighted by molar-refractivity contribution is -0.144. The van der Waals surface area contributed by atoms with Crippen molar-refractivity contribution in [3.63, 3.8) is 0 Å². The molecule has 1 fully saturated rings. The average Bonchev–Trinajstić information content (AvgIpc) is 3.80. The summed E-state index contributed by atoms with van der Waals surface area (Å²) in [5.74, 6) is -4.07. The highest BCUT2D eigenvalue weighted by molar-refractivity contribution is 5.96. The number of rotatable bonds is 8. The molecule has 282 valence electrons. The molecule has 0 spiro atoms. The summed E-state index contributed by atoms with van der Waals surface area (Å²) in [5.41, 5.74) is 2.38. The quantitative estimate of drug-likeness (QED) is 0.190. The van der Waals surface area contributed by atoms with Crippen molar-refractivity contribution in [1.29, 1.82) is 0 Å². The summed E-state index contributed by atoms with van der Waals surface area (Å²) in [6.07, 6.45) is 2.17. The second kappa shape index (κ2) is 17.3. The van der Waals surface area contributed by atoms with Crippen LogP contribution in [0.15, 0.2) is 60.8 Å². The molecular formula is C37H47N9O7. The first-order valence-electron chi connectivity index (χ1n) is 17.8. The van der Waals surface area contributed by atoms with Crippen LogP contribution in [0.5, 0.6) is 0 Å². The Bertz CT molecular complexity index is 1800. The van der Waals surface area contributed by atoms with Gasteiger partial charge in [-0.1, -0.05) is 61.5 Å². The zero-order valence-electron chi connectivity index (χ0n) is 30.2. The van der Waals surface area contributed by atoms with Crippen LogP contribution in [0.3, 0.4) is 0 Å². The van der Waals surface area contributed by atoms with E-state index in [0.29, 0.717) is 16.9 Å². The zero-order valence-corrected chi connectivity index (χ0v) is 30.2. The summed E-state index contributed by atoms with van der Waals surface area (Å²) in [6, 6.07) is 9.96. The predicted octanol–water partition coefficient (Wildman–Crippen LogP) is 0.593. The van der Waals surface area contributed by atoms with Gasteiger partial charge in [-0.2, -0.15) is 0 Å². The van der Waals surface area contributed by atoms with Crippen LogP contribution < -0.4 is 26.6 Å². The Labute approximate surface area is 307 Å². The van der Waals surface area contributed by atoms with Crippen molar-refractivity contribution in [3.05, 3.63) is 77.6 Å². The maximum atomic E-state index is 14.3. The van der Waals surface area contributed by atoms with Crippen molar-refractivity contribution >= 4 is 41.2 Å². The molecule has 6 atom stereocenters. The minimum Gasteiger partial charge on any atom is -0.480 e. The van der Waals surface area contributed by atoms with Gasteiger partial charge in [0, 0.05) is 50.5 Å². The molecule has 6 bridgehead atoms. The standard InChI is InChI=1S/C37H47N9O7/c1-21(2)32(42-33(48)22(3)38-4)36(51)45-20-27-18-30(45)35(50)40-28(16-23-8-6-5-7-9-23)34(49)41-29(37(52)53)17-24-10-12-25(13-11-24)39-31(47)15-14-26-19-46(27)44-43-26/h5-13,19,21-22,27-30,32,38H,14-18,20H2,1-4H3,(H,39,47)(H,40,50)(H,41,49)(H,42,48)(H,52,53)/t22-,27-,28-,29+,30-,32-/m0/s1. The minimum atomic E-state index is -1.34. The lowest BCUT2D eigenvalue weighted by atomic mass is 10.0. The van der Waals surface area contributed by atoms with Crippen molar-refractivity contribution in [2.75, 3.05) is 18.9 Å². The van der Waals surface area contributed by atoms with Gasteiger partial charge >= 0.3 is 5.97 Å². The van der Waals surface area contributed by atoms with Gasteiger partial charge in [0.25, 0.3) is 0 Å². The number of aromatic nitrogens is 3. The van der Waals surface area contributed by atoms with Crippen LogP contribution in [-0.2, 0) is 48.0 Å². The number of carbonyl (C=O) groups excluding carboxylic acids is 5. The monoisotopic (exact) mass is 729 g/mol. The molecule has 0 saturated carbocycles. The van der Waals surface area contributed by atoms with Crippen molar-refractivity contribution in [3.8, 4) is 0 Å². The Hall–Kier alpha value is -5.64. The number of nitrogens with zero attached hydrogens (tertiary/aromatic N) is 4. The Kier molecular flexibility index (Phi) is 12.6. The van der Waals surface area contributed by atoms with Crippen molar-refractivity contribution < 1.29 is 33.9 Å². The summed E-state index contributed by atoms with van der Waals surface area (Å²) in [5, 5.41) is 32.6. The largest absolute Gasteiger partial charge is 0.480 e. The molecule has 3 aliphatic heterocycles. The maximum Gasteiger partial charge on any atom is 0.326 e. The Morgan fingerprint density at radius 2 is 1.68 bits per heavy atom. The molecule has 6 N–H and O–H groups in total. The summed E-state index contributed by atoms with van der Waals surface area (Å²) in [7, 11) is 1.63. The fourth-order valence-electron chi connectivity index (χ4n) is 6.43. The maximum absolute atomic E-state index is 14.3.